The van der Waals surface area contributed by atoms with Crippen molar-refractivity contribution in [2.75, 3.05) is 13.1 Å². The van der Waals surface area contributed by atoms with Crippen LogP contribution in [0.5, 0.6) is 0 Å². The van der Waals surface area contributed by atoms with Gasteiger partial charge < -0.3 is 5.11 Å². The quantitative estimate of drug-likeness (QED) is 0.871. The number of hydrogen-bond donors (Lipinski definition) is 1. The van der Waals surface area contributed by atoms with Crippen molar-refractivity contribution in [3.63, 3.8) is 0 Å². The van der Waals surface area contributed by atoms with Gasteiger partial charge in [-0.2, -0.15) is 5.10 Å². The van der Waals surface area contributed by atoms with Crippen molar-refractivity contribution in [1.82, 2.24) is 19.7 Å². The number of piperidine rings is 1. The summed E-state index contributed by atoms with van der Waals surface area (Å²) in [6, 6.07) is 2.37. The second-order valence-corrected chi connectivity index (χ2v) is 7.25. The van der Waals surface area contributed by atoms with Crippen LogP contribution in [0.2, 0.25) is 5.15 Å². The van der Waals surface area contributed by atoms with Gasteiger partial charge in [0.25, 0.3) is 0 Å². The molecule has 1 fully saturated rings. The van der Waals surface area contributed by atoms with Crippen LogP contribution in [0.4, 0.5) is 0 Å². The first-order valence-electron chi connectivity index (χ1n) is 8.38. The average molecular weight is 337 g/mol. The zero-order valence-corrected chi connectivity index (χ0v) is 14.8. The molecule has 0 bridgehead atoms. The zero-order chi connectivity index (χ0) is 16.6. The smallest absolute Gasteiger partial charge is 0.159 e. The molecule has 0 amide bonds. The summed E-state index contributed by atoms with van der Waals surface area (Å²) < 4.78 is 1.90. The van der Waals surface area contributed by atoms with Crippen LogP contribution in [0.25, 0.3) is 11.0 Å². The van der Waals surface area contributed by atoms with Crippen molar-refractivity contribution in [3.8, 4) is 0 Å². The Balaban J connectivity index is 1.75. The van der Waals surface area contributed by atoms with Gasteiger partial charge in [0.05, 0.1) is 12.3 Å². The van der Waals surface area contributed by atoms with E-state index in [1.54, 1.807) is 0 Å². The summed E-state index contributed by atoms with van der Waals surface area (Å²) in [6.45, 7) is 8.86. The molecule has 3 heterocycles. The molecule has 23 heavy (non-hydrogen) atoms. The third-order valence-electron chi connectivity index (χ3n) is 4.79. The summed E-state index contributed by atoms with van der Waals surface area (Å²) in [7, 11) is 0. The number of nitrogens with zero attached hydrogens (tertiary/aromatic N) is 4. The van der Waals surface area contributed by atoms with Gasteiger partial charge in [-0.1, -0.05) is 11.6 Å². The second-order valence-electron chi connectivity index (χ2n) is 6.89. The predicted molar refractivity (Wildman–Crippen MR) is 92.6 cm³/mol. The molecule has 3 rings (SSSR count). The molecule has 2 aromatic rings. The first kappa shape index (κ1) is 16.7. The van der Waals surface area contributed by atoms with Crippen molar-refractivity contribution in [1.29, 1.82) is 0 Å². The molecule has 1 aliphatic heterocycles. The molecule has 1 atom stereocenters. The van der Waals surface area contributed by atoms with E-state index in [1.807, 2.05) is 17.8 Å². The minimum absolute atomic E-state index is 0.208. The van der Waals surface area contributed by atoms with Gasteiger partial charge in [-0.15, -0.1) is 0 Å². The number of halogens is 1. The van der Waals surface area contributed by atoms with Gasteiger partial charge in [-0.25, -0.2) is 9.67 Å². The molecule has 2 aromatic heterocycles. The zero-order valence-electron chi connectivity index (χ0n) is 14.0. The number of likely N-dealkylation sites (tertiary alicyclic amines) is 1. The molecule has 1 N–H and O–H groups in total. The Morgan fingerprint density at radius 3 is 2.61 bits per heavy atom. The maximum atomic E-state index is 9.70. The third kappa shape index (κ3) is 3.52. The van der Waals surface area contributed by atoms with Crippen LogP contribution in [0, 0.1) is 5.92 Å². The Morgan fingerprint density at radius 2 is 2.00 bits per heavy atom. The highest BCUT2D eigenvalue weighted by Gasteiger charge is 2.23. The van der Waals surface area contributed by atoms with Crippen molar-refractivity contribution in [3.05, 3.63) is 23.0 Å². The maximum Gasteiger partial charge on any atom is 0.159 e. The van der Waals surface area contributed by atoms with Crippen molar-refractivity contribution in [2.45, 2.75) is 52.3 Å². The Hall–Kier alpha value is -1.17. The number of aliphatic hydroxyl groups is 1. The lowest BCUT2D eigenvalue weighted by Crippen LogP contribution is -2.36. The molecule has 1 aliphatic rings. The largest absolute Gasteiger partial charge is 0.393 e. The van der Waals surface area contributed by atoms with E-state index in [0.717, 1.165) is 49.1 Å². The van der Waals surface area contributed by atoms with Crippen LogP contribution in [0.15, 0.2) is 12.3 Å². The lowest BCUT2D eigenvalue weighted by atomic mass is 9.92. The van der Waals surface area contributed by atoms with Gasteiger partial charge in [0.1, 0.15) is 5.15 Å². The number of fused-ring (bicyclic) bond motifs is 1. The number of aromatic nitrogens is 3. The Labute approximate surface area is 142 Å². The number of pyridine rings is 1. The van der Waals surface area contributed by atoms with Crippen LogP contribution < -0.4 is 0 Å². The Morgan fingerprint density at radius 1 is 1.30 bits per heavy atom. The van der Waals surface area contributed by atoms with E-state index in [9.17, 15) is 5.11 Å². The maximum absolute atomic E-state index is 9.70. The lowest BCUT2D eigenvalue weighted by molar-refractivity contribution is 0.0695. The minimum atomic E-state index is -0.208. The fourth-order valence-electron chi connectivity index (χ4n) is 3.32. The van der Waals surface area contributed by atoms with E-state index in [1.165, 1.54) is 0 Å². The van der Waals surface area contributed by atoms with E-state index in [-0.39, 0.29) is 12.1 Å². The predicted octanol–water partition coefficient (Wildman–Crippen LogP) is 3.26. The molecule has 0 spiro atoms. The summed E-state index contributed by atoms with van der Waals surface area (Å²) in [5.41, 5.74) is 1.90. The van der Waals surface area contributed by atoms with Gasteiger partial charge in [-0.3, -0.25) is 4.90 Å². The van der Waals surface area contributed by atoms with Crippen LogP contribution in [0.1, 0.15) is 45.2 Å². The van der Waals surface area contributed by atoms with Gasteiger partial charge in [0, 0.05) is 23.5 Å². The average Bonchev–Trinajstić information content (AvgIpc) is 2.91. The third-order valence-corrected chi connectivity index (χ3v) is 5.12. The summed E-state index contributed by atoms with van der Waals surface area (Å²) in [4.78, 5) is 6.95. The van der Waals surface area contributed by atoms with Crippen LogP contribution >= 0.6 is 11.6 Å². The van der Waals surface area contributed by atoms with Gasteiger partial charge >= 0.3 is 0 Å². The lowest BCUT2D eigenvalue weighted by Gasteiger charge is -2.33. The summed E-state index contributed by atoms with van der Waals surface area (Å²) in [5, 5.41) is 15.7. The van der Waals surface area contributed by atoms with Gasteiger partial charge in [0.15, 0.2) is 5.65 Å². The molecule has 1 unspecified atom stereocenters. The van der Waals surface area contributed by atoms with E-state index in [4.69, 9.17) is 11.6 Å². The van der Waals surface area contributed by atoms with Crippen molar-refractivity contribution < 1.29 is 5.11 Å². The van der Waals surface area contributed by atoms with E-state index in [2.05, 4.69) is 34.9 Å². The molecule has 0 radical (unpaired) electrons. The number of hydrogen-bond acceptors (Lipinski definition) is 4. The topological polar surface area (TPSA) is 54.2 Å². The first-order chi connectivity index (χ1) is 11.0. The highest BCUT2D eigenvalue weighted by Crippen LogP contribution is 2.26. The van der Waals surface area contributed by atoms with E-state index in [0.29, 0.717) is 11.1 Å². The standard InChI is InChI=1S/C17H25ClN4O/c1-11(2)22-17-14(9-19-22)8-15(16(18)20-17)10-21-6-4-13(5-7-21)12(3)23/h8-9,11-13,23H,4-7,10H2,1-3H3. The fraction of sp³-hybridized carbons (Fsp3) is 0.647. The normalized spacial score (nSPS) is 18.9. The highest BCUT2D eigenvalue weighted by atomic mass is 35.5. The van der Waals surface area contributed by atoms with Crippen molar-refractivity contribution >= 4 is 22.6 Å². The SMILES string of the molecule is CC(O)C1CCN(Cc2cc3cnn(C(C)C)c3nc2Cl)CC1. The second kappa shape index (κ2) is 6.75. The van der Waals surface area contributed by atoms with Gasteiger partial charge in [0.2, 0.25) is 0 Å². The molecular formula is C17H25ClN4O. The van der Waals surface area contributed by atoms with Crippen LogP contribution in [-0.4, -0.2) is 44.0 Å². The van der Waals surface area contributed by atoms with E-state index >= 15 is 0 Å². The van der Waals surface area contributed by atoms with Crippen LogP contribution in [-0.2, 0) is 6.54 Å². The molecule has 1 saturated heterocycles. The minimum Gasteiger partial charge on any atom is -0.393 e. The fourth-order valence-corrected chi connectivity index (χ4v) is 3.52. The molecule has 0 saturated carbocycles. The van der Waals surface area contributed by atoms with E-state index < -0.39 is 0 Å². The molecular weight excluding hydrogens is 312 g/mol. The van der Waals surface area contributed by atoms with Crippen LogP contribution in [0.3, 0.4) is 0 Å². The molecule has 6 heteroatoms. The first-order valence-corrected chi connectivity index (χ1v) is 8.76. The molecule has 0 aliphatic carbocycles. The van der Waals surface area contributed by atoms with Gasteiger partial charge in [-0.05, 0) is 58.7 Å². The molecule has 0 aromatic carbocycles. The monoisotopic (exact) mass is 336 g/mol. The summed E-state index contributed by atoms with van der Waals surface area (Å²) in [6.07, 6.45) is 3.73. The Kier molecular flexibility index (Phi) is 4.90. The summed E-state index contributed by atoms with van der Waals surface area (Å²) >= 11 is 6.42. The summed E-state index contributed by atoms with van der Waals surface area (Å²) in [5.74, 6) is 0.423. The Bertz CT molecular complexity index is 675. The molecule has 126 valence electrons. The van der Waals surface area contributed by atoms with Crippen molar-refractivity contribution in [2.24, 2.45) is 5.92 Å². The highest BCUT2D eigenvalue weighted by molar-refractivity contribution is 6.30. The molecule has 5 nitrogen and oxygen atoms in total. The number of rotatable bonds is 4. The number of aliphatic hydroxyl groups excluding tert-OH is 1.